The van der Waals surface area contributed by atoms with Crippen LogP contribution >= 0.6 is 11.3 Å². The van der Waals surface area contributed by atoms with E-state index in [2.05, 4.69) is 16.4 Å². The van der Waals surface area contributed by atoms with E-state index in [1.54, 1.807) is 11.3 Å². The summed E-state index contributed by atoms with van der Waals surface area (Å²) in [6.07, 6.45) is 3.98. The Balaban J connectivity index is 1.44. The number of thiazole rings is 1. The molecule has 1 amide bonds. The number of aryl methyl sites for hydroxylation is 1. The lowest BCUT2D eigenvalue weighted by atomic mass is 9.86. The van der Waals surface area contributed by atoms with Crippen molar-refractivity contribution in [2.75, 3.05) is 13.2 Å². The van der Waals surface area contributed by atoms with E-state index in [4.69, 9.17) is 9.84 Å². The molecule has 0 aliphatic carbocycles. The zero-order chi connectivity index (χ0) is 18.4. The highest BCUT2D eigenvalue weighted by atomic mass is 32.1. The van der Waals surface area contributed by atoms with Crippen LogP contribution in [0.25, 0.3) is 10.2 Å². The van der Waals surface area contributed by atoms with Crippen LogP contribution in [-0.2, 0) is 20.7 Å². The van der Waals surface area contributed by atoms with E-state index in [9.17, 15) is 9.59 Å². The fourth-order valence-corrected chi connectivity index (χ4v) is 4.35. The average Bonchev–Trinajstić information content (AvgIpc) is 3.01. The van der Waals surface area contributed by atoms with Gasteiger partial charge in [0.1, 0.15) is 0 Å². The van der Waals surface area contributed by atoms with Gasteiger partial charge in [-0.1, -0.05) is 12.1 Å². The summed E-state index contributed by atoms with van der Waals surface area (Å²) in [5.74, 6) is -0.958. The van der Waals surface area contributed by atoms with Crippen molar-refractivity contribution in [2.45, 2.75) is 50.5 Å². The second-order valence-corrected chi connectivity index (χ2v) is 7.91. The fraction of sp³-hybridized carbons (Fsp3) is 0.526. The zero-order valence-electron chi connectivity index (χ0n) is 14.7. The Morgan fingerprint density at radius 3 is 2.73 bits per heavy atom. The summed E-state index contributed by atoms with van der Waals surface area (Å²) in [4.78, 5) is 28.0. The van der Waals surface area contributed by atoms with Crippen LogP contribution in [0.1, 0.15) is 43.5 Å². The van der Waals surface area contributed by atoms with Crippen molar-refractivity contribution in [1.29, 1.82) is 0 Å². The minimum atomic E-state index is -0.886. The number of aromatic nitrogens is 1. The number of para-hydroxylation sites is 1. The molecule has 1 saturated heterocycles. The third-order valence-corrected chi connectivity index (χ3v) is 5.82. The zero-order valence-corrected chi connectivity index (χ0v) is 15.5. The summed E-state index contributed by atoms with van der Waals surface area (Å²) < 4.78 is 6.50. The molecule has 2 N–H and O–H groups in total. The molecule has 0 bridgehead atoms. The van der Waals surface area contributed by atoms with Gasteiger partial charge in [0.05, 0.1) is 27.2 Å². The first-order valence-corrected chi connectivity index (χ1v) is 9.83. The molecular weight excluding hydrogens is 352 g/mol. The van der Waals surface area contributed by atoms with Crippen LogP contribution in [0.5, 0.6) is 0 Å². The highest BCUT2D eigenvalue weighted by Crippen LogP contribution is 2.25. The molecule has 3 rings (SSSR count). The predicted octanol–water partition coefficient (Wildman–Crippen LogP) is 3.15. The van der Waals surface area contributed by atoms with Gasteiger partial charge in [-0.2, -0.15) is 0 Å². The molecule has 0 spiro atoms. The van der Waals surface area contributed by atoms with Gasteiger partial charge in [0.25, 0.3) is 0 Å². The molecule has 1 aromatic carbocycles. The highest BCUT2D eigenvalue weighted by molar-refractivity contribution is 7.18. The van der Waals surface area contributed by atoms with Gasteiger partial charge in [0, 0.05) is 19.6 Å². The first kappa shape index (κ1) is 18.8. The molecule has 1 aromatic heterocycles. The van der Waals surface area contributed by atoms with Crippen molar-refractivity contribution in [3.8, 4) is 0 Å². The van der Waals surface area contributed by atoms with Crippen molar-refractivity contribution in [3.05, 3.63) is 29.3 Å². The first-order valence-electron chi connectivity index (χ1n) is 9.01. The summed E-state index contributed by atoms with van der Waals surface area (Å²) in [6.45, 7) is 0.982. The number of aliphatic carboxylic acids is 1. The normalized spacial score (nSPS) is 16.5. The van der Waals surface area contributed by atoms with Crippen molar-refractivity contribution in [3.63, 3.8) is 0 Å². The number of nitrogens with one attached hydrogen (secondary N) is 1. The van der Waals surface area contributed by atoms with Crippen LogP contribution < -0.4 is 5.32 Å². The fourth-order valence-electron chi connectivity index (χ4n) is 3.34. The molecule has 1 fully saturated rings. The number of benzene rings is 1. The number of carboxylic acids is 1. The molecule has 0 atom stereocenters. The maximum atomic E-state index is 12.3. The van der Waals surface area contributed by atoms with Gasteiger partial charge >= 0.3 is 5.97 Å². The molecule has 1 aliphatic rings. The molecule has 0 radical (unpaired) electrons. The summed E-state index contributed by atoms with van der Waals surface area (Å²) in [5, 5.41) is 13.2. The minimum absolute atomic E-state index is 0.0478. The van der Waals surface area contributed by atoms with E-state index in [0.29, 0.717) is 32.5 Å². The van der Waals surface area contributed by atoms with E-state index in [1.807, 2.05) is 18.2 Å². The summed E-state index contributed by atoms with van der Waals surface area (Å²) in [6, 6.07) is 8.08. The summed E-state index contributed by atoms with van der Waals surface area (Å²) >= 11 is 1.70. The number of hydrogen-bond acceptors (Lipinski definition) is 5. The van der Waals surface area contributed by atoms with Crippen LogP contribution in [0.3, 0.4) is 0 Å². The van der Waals surface area contributed by atoms with E-state index >= 15 is 0 Å². The van der Waals surface area contributed by atoms with Crippen LogP contribution in [0, 0.1) is 0 Å². The number of ether oxygens (including phenoxy) is 1. The Bertz CT molecular complexity index is 735. The lowest BCUT2D eigenvalue weighted by Crippen LogP contribution is -2.53. The largest absolute Gasteiger partial charge is 0.481 e. The first-order chi connectivity index (χ1) is 12.6. The Labute approximate surface area is 156 Å². The van der Waals surface area contributed by atoms with Crippen molar-refractivity contribution >= 4 is 33.4 Å². The Morgan fingerprint density at radius 2 is 2.00 bits per heavy atom. The number of carbonyl (C=O) groups is 2. The number of rotatable bonds is 8. The highest BCUT2D eigenvalue weighted by Gasteiger charge is 2.36. The molecule has 1 aliphatic heterocycles. The van der Waals surface area contributed by atoms with Gasteiger partial charge in [-0.25, -0.2) is 4.98 Å². The van der Waals surface area contributed by atoms with Crippen LogP contribution in [-0.4, -0.2) is 40.7 Å². The Hall–Kier alpha value is -1.99. The molecule has 7 heteroatoms. The van der Waals surface area contributed by atoms with Gasteiger partial charge in [0.2, 0.25) is 5.91 Å². The molecule has 0 unspecified atom stereocenters. The molecule has 140 valence electrons. The Morgan fingerprint density at radius 1 is 1.23 bits per heavy atom. The number of nitrogens with zero attached hydrogens (tertiary/aromatic N) is 1. The summed E-state index contributed by atoms with van der Waals surface area (Å²) in [5.41, 5.74) is 0.370. The molecular formula is C19H24N2O4S. The van der Waals surface area contributed by atoms with Gasteiger partial charge in [-0.05, 0) is 44.2 Å². The molecule has 2 heterocycles. The van der Waals surface area contributed by atoms with E-state index in [-0.39, 0.29) is 12.3 Å². The van der Waals surface area contributed by atoms with Crippen molar-refractivity contribution < 1.29 is 19.4 Å². The number of carboxylic acid groups (broad SMARTS) is 1. The Kier molecular flexibility index (Phi) is 6.21. The van der Waals surface area contributed by atoms with Gasteiger partial charge < -0.3 is 15.2 Å². The number of hydrogen-bond donors (Lipinski definition) is 2. The van der Waals surface area contributed by atoms with E-state index in [1.165, 1.54) is 4.70 Å². The van der Waals surface area contributed by atoms with Gasteiger partial charge in [-0.15, -0.1) is 11.3 Å². The second-order valence-electron chi connectivity index (χ2n) is 6.79. The van der Waals surface area contributed by atoms with Crippen LogP contribution in [0.15, 0.2) is 24.3 Å². The quantitative estimate of drug-likeness (QED) is 0.691. The van der Waals surface area contributed by atoms with Gasteiger partial charge in [0.15, 0.2) is 0 Å². The number of unbranched alkanes of at least 4 members (excludes halogenated alkanes) is 1. The van der Waals surface area contributed by atoms with Crippen LogP contribution in [0.2, 0.25) is 0 Å². The van der Waals surface area contributed by atoms with E-state index < -0.39 is 11.5 Å². The lowest BCUT2D eigenvalue weighted by molar-refractivity contribution is -0.140. The number of fused-ring (bicyclic) bond motifs is 1. The van der Waals surface area contributed by atoms with E-state index in [0.717, 1.165) is 29.8 Å². The molecule has 26 heavy (non-hydrogen) atoms. The SMILES string of the molecule is O=C(O)CC1(NC(=O)CCCCc2nc3ccccc3s2)CCOCC1. The summed E-state index contributed by atoms with van der Waals surface area (Å²) in [7, 11) is 0. The van der Waals surface area contributed by atoms with Crippen molar-refractivity contribution in [1.82, 2.24) is 10.3 Å². The molecule has 6 nitrogen and oxygen atoms in total. The third kappa shape index (κ3) is 5.02. The smallest absolute Gasteiger partial charge is 0.305 e. The van der Waals surface area contributed by atoms with Crippen LogP contribution in [0.4, 0.5) is 0 Å². The maximum absolute atomic E-state index is 12.3. The average molecular weight is 376 g/mol. The standard InChI is InChI=1S/C19H24N2O4S/c22-16(21-19(13-18(23)24)9-11-25-12-10-19)7-3-4-8-17-20-14-5-1-2-6-15(14)26-17/h1-2,5-6H,3-4,7-13H2,(H,21,22)(H,23,24). The molecule has 0 saturated carbocycles. The topological polar surface area (TPSA) is 88.5 Å². The number of carbonyl (C=O) groups excluding carboxylic acids is 1. The predicted molar refractivity (Wildman–Crippen MR) is 100 cm³/mol. The lowest BCUT2D eigenvalue weighted by Gasteiger charge is -2.36. The van der Waals surface area contributed by atoms with Gasteiger partial charge in [-0.3, -0.25) is 9.59 Å². The second kappa shape index (κ2) is 8.60. The van der Waals surface area contributed by atoms with Crippen molar-refractivity contribution in [2.24, 2.45) is 0 Å². The molecule has 2 aromatic rings. The monoisotopic (exact) mass is 376 g/mol. The maximum Gasteiger partial charge on any atom is 0.305 e. The minimum Gasteiger partial charge on any atom is -0.481 e. The number of amides is 1. The third-order valence-electron chi connectivity index (χ3n) is 4.73.